The minimum absolute atomic E-state index is 0.0326. The third-order valence-electron chi connectivity index (χ3n) is 4.34. The molecule has 4 nitrogen and oxygen atoms in total. The van der Waals surface area contributed by atoms with Crippen molar-refractivity contribution in [3.8, 4) is 0 Å². The van der Waals surface area contributed by atoms with Crippen molar-refractivity contribution >= 4 is 34.8 Å². The number of amides is 2. The van der Waals surface area contributed by atoms with Gasteiger partial charge < -0.3 is 9.80 Å². The summed E-state index contributed by atoms with van der Waals surface area (Å²) in [5.41, 5.74) is 0.939. The number of hydrogen-bond donors (Lipinski definition) is 0. The highest BCUT2D eigenvalue weighted by atomic mass is 35.5. The van der Waals surface area contributed by atoms with E-state index in [2.05, 4.69) is 0 Å². The van der Waals surface area contributed by atoms with Crippen LogP contribution in [-0.2, 0) is 4.79 Å². The van der Waals surface area contributed by atoms with E-state index in [4.69, 9.17) is 11.6 Å². The quantitative estimate of drug-likeness (QED) is 0.838. The molecule has 0 bridgehead atoms. The van der Waals surface area contributed by atoms with E-state index in [-0.39, 0.29) is 17.7 Å². The van der Waals surface area contributed by atoms with Crippen molar-refractivity contribution in [1.82, 2.24) is 9.80 Å². The molecular weight excluding hydrogens is 308 g/mol. The number of thiophene rings is 1. The summed E-state index contributed by atoms with van der Waals surface area (Å²) in [5.74, 6) is 0.151. The number of nitrogens with zero attached hydrogens (tertiary/aromatic N) is 2. The van der Waals surface area contributed by atoms with Gasteiger partial charge >= 0.3 is 0 Å². The van der Waals surface area contributed by atoms with Crippen molar-refractivity contribution in [3.05, 3.63) is 20.8 Å². The number of aryl methyl sites for hydroxylation is 1. The fraction of sp³-hybridized carbons (Fsp3) is 0.600. The molecule has 2 saturated heterocycles. The Labute approximate surface area is 133 Å². The Balaban J connectivity index is 1.65. The van der Waals surface area contributed by atoms with E-state index in [1.165, 1.54) is 11.3 Å². The van der Waals surface area contributed by atoms with Crippen molar-refractivity contribution < 1.29 is 9.59 Å². The maximum Gasteiger partial charge on any atom is 0.265 e. The molecule has 0 spiro atoms. The van der Waals surface area contributed by atoms with Crippen LogP contribution in [0.15, 0.2) is 5.38 Å². The van der Waals surface area contributed by atoms with Crippen LogP contribution in [0.4, 0.5) is 0 Å². The molecule has 21 heavy (non-hydrogen) atoms. The monoisotopic (exact) mass is 326 g/mol. The van der Waals surface area contributed by atoms with Gasteiger partial charge in [-0.2, -0.15) is 0 Å². The molecule has 0 N–H and O–H groups in total. The Morgan fingerprint density at radius 3 is 2.57 bits per heavy atom. The fourth-order valence-corrected chi connectivity index (χ4v) is 4.30. The fourth-order valence-electron chi connectivity index (χ4n) is 3.06. The van der Waals surface area contributed by atoms with Gasteiger partial charge in [0.25, 0.3) is 5.91 Å². The first kappa shape index (κ1) is 14.9. The summed E-state index contributed by atoms with van der Waals surface area (Å²) in [4.78, 5) is 29.2. The number of carbonyl (C=O) groups is 2. The molecule has 3 rings (SSSR count). The van der Waals surface area contributed by atoms with E-state index >= 15 is 0 Å². The number of likely N-dealkylation sites (tertiary alicyclic amines) is 2. The van der Waals surface area contributed by atoms with Crippen LogP contribution in [-0.4, -0.2) is 47.8 Å². The van der Waals surface area contributed by atoms with Gasteiger partial charge in [0.15, 0.2) is 0 Å². The third kappa shape index (κ3) is 2.81. The van der Waals surface area contributed by atoms with Crippen LogP contribution in [0.1, 0.15) is 34.5 Å². The van der Waals surface area contributed by atoms with Gasteiger partial charge in [-0.1, -0.05) is 11.6 Å². The highest BCUT2D eigenvalue weighted by molar-refractivity contribution is 7.13. The minimum Gasteiger partial charge on any atom is -0.342 e. The van der Waals surface area contributed by atoms with Crippen LogP contribution in [0.25, 0.3) is 0 Å². The summed E-state index contributed by atoms with van der Waals surface area (Å²) < 4.78 is 0. The van der Waals surface area contributed by atoms with Crippen molar-refractivity contribution in [2.75, 3.05) is 26.2 Å². The van der Waals surface area contributed by atoms with E-state index in [0.717, 1.165) is 37.9 Å². The van der Waals surface area contributed by atoms with E-state index in [1.807, 2.05) is 17.2 Å². The molecule has 1 aromatic heterocycles. The van der Waals surface area contributed by atoms with Gasteiger partial charge in [0.1, 0.15) is 4.88 Å². The molecule has 3 heterocycles. The van der Waals surface area contributed by atoms with Crippen molar-refractivity contribution in [1.29, 1.82) is 0 Å². The molecule has 1 unspecified atom stereocenters. The van der Waals surface area contributed by atoms with Crippen LogP contribution < -0.4 is 0 Å². The Hall–Kier alpha value is -1.07. The Bertz CT molecular complexity index is 566. The van der Waals surface area contributed by atoms with E-state index in [0.29, 0.717) is 23.0 Å². The number of rotatable bonds is 2. The average Bonchev–Trinajstić information content (AvgIpc) is 3.20. The summed E-state index contributed by atoms with van der Waals surface area (Å²) in [6, 6.07) is 0. The second kappa shape index (κ2) is 5.97. The maximum atomic E-state index is 12.5. The zero-order valence-corrected chi connectivity index (χ0v) is 13.7. The summed E-state index contributed by atoms with van der Waals surface area (Å²) in [6.45, 7) is 4.83. The topological polar surface area (TPSA) is 40.6 Å². The predicted molar refractivity (Wildman–Crippen MR) is 83.9 cm³/mol. The van der Waals surface area contributed by atoms with Crippen LogP contribution in [0.3, 0.4) is 0 Å². The van der Waals surface area contributed by atoms with Gasteiger partial charge in [-0.05, 0) is 37.1 Å². The average molecular weight is 327 g/mol. The summed E-state index contributed by atoms with van der Waals surface area (Å²) in [7, 11) is 0. The molecule has 2 aliphatic heterocycles. The van der Waals surface area contributed by atoms with Crippen LogP contribution >= 0.6 is 22.9 Å². The van der Waals surface area contributed by atoms with Gasteiger partial charge in [-0.25, -0.2) is 0 Å². The lowest BCUT2D eigenvalue weighted by Crippen LogP contribution is -2.36. The number of halogens is 1. The van der Waals surface area contributed by atoms with Crippen molar-refractivity contribution in [3.63, 3.8) is 0 Å². The lowest BCUT2D eigenvalue weighted by molar-refractivity contribution is -0.133. The van der Waals surface area contributed by atoms with Crippen LogP contribution in [0.2, 0.25) is 5.02 Å². The second-order valence-electron chi connectivity index (χ2n) is 5.83. The second-order valence-corrected chi connectivity index (χ2v) is 7.09. The molecule has 1 aromatic rings. The van der Waals surface area contributed by atoms with Crippen LogP contribution in [0.5, 0.6) is 0 Å². The molecule has 0 radical (unpaired) electrons. The van der Waals surface area contributed by atoms with E-state index in [9.17, 15) is 9.59 Å². The molecule has 0 aromatic carbocycles. The molecule has 2 fully saturated rings. The Kier molecular flexibility index (Phi) is 4.22. The zero-order valence-electron chi connectivity index (χ0n) is 12.1. The maximum absolute atomic E-state index is 12.5. The van der Waals surface area contributed by atoms with Gasteiger partial charge in [-0.3, -0.25) is 9.59 Å². The van der Waals surface area contributed by atoms with Gasteiger partial charge in [0, 0.05) is 26.2 Å². The zero-order chi connectivity index (χ0) is 15.0. The molecule has 0 aliphatic carbocycles. The molecule has 114 valence electrons. The Morgan fingerprint density at radius 1 is 1.24 bits per heavy atom. The van der Waals surface area contributed by atoms with Gasteiger partial charge in [0.05, 0.1) is 10.9 Å². The smallest absolute Gasteiger partial charge is 0.265 e. The van der Waals surface area contributed by atoms with Crippen molar-refractivity contribution in [2.24, 2.45) is 5.92 Å². The normalized spacial score (nSPS) is 22.1. The number of carbonyl (C=O) groups excluding carboxylic acids is 2. The lowest BCUT2D eigenvalue weighted by atomic mass is 10.1. The molecule has 1 atom stereocenters. The first-order valence-electron chi connectivity index (χ1n) is 7.39. The Morgan fingerprint density at radius 2 is 1.95 bits per heavy atom. The lowest BCUT2D eigenvalue weighted by Gasteiger charge is -2.20. The van der Waals surface area contributed by atoms with Gasteiger partial charge in [-0.15, -0.1) is 11.3 Å². The third-order valence-corrected chi connectivity index (χ3v) is 6.02. The molecule has 2 amide bonds. The van der Waals surface area contributed by atoms with E-state index < -0.39 is 0 Å². The SMILES string of the molecule is Cc1csc(C(=O)N2CCC(C(=O)N3CCCC3)C2)c1Cl. The summed E-state index contributed by atoms with van der Waals surface area (Å²) in [6.07, 6.45) is 2.97. The number of hydrogen-bond acceptors (Lipinski definition) is 3. The largest absolute Gasteiger partial charge is 0.342 e. The summed E-state index contributed by atoms with van der Waals surface area (Å²) in [5, 5.41) is 2.46. The van der Waals surface area contributed by atoms with Gasteiger partial charge in [0.2, 0.25) is 5.91 Å². The molecule has 6 heteroatoms. The highest BCUT2D eigenvalue weighted by Crippen LogP contribution is 2.30. The predicted octanol–water partition coefficient (Wildman–Crippen LogP) is 2.79. The van der Waals surface area contributed by atoms with Crippen LogP contribution in [0, 0.1) is 12.8 Å². The summed E-state index contributed by atoms with van der Waals surface area (Å²) >= 11 is 7.56. The van der Waals surface area contributed by atoms with E-state index in [1.54, 1.807) is 4.90 Å². The van der Waals surface area contributed by atoms with Crippen molar-refractivity contribution in [2.45, 2.75) is 26.2 Å². The first-order chi connectivity index (χ1) is 10.1. The standard InChI is InChI=1S/C15H19ClN2O2S/c1-10-9-21-13(12(10)16)15(20)18-7-4-11(8-18)14(19)17-5-2-3-6-17/h9,11H,2-8H2,1H3. The molecular formula is C15H19ClN2O2S. The molecule has 2 aliphatic rings. The molecule has 0 saturated carbocycles. The highest BCUT2D eigenvalue weighted by Gasteiger charge is 2.35. The first-order valence-corrected chi connectivity index (χ1v) is 8.65. The minimum atomic E-state index is -0.0353.